The van der Waals surface area contributed by atoms with E-state index in [0.29, 0.717) is 5.82 Å². The van der Waals surface area contributed by atoms with E-state index in [4.69, 9.17) is 0 Å². The van der Waals surface area contributed by atoms with Gasteiger partial charge in [0.25, 0.3) is 5.56 Å². The third-order valence-electron chi connectivity index (χ3n) is 4.67. The molecule has 5 nitrogen and oxygen atoms in total. The Kier molecular flexibility index (Phi) is 3.76. The molecule has 0 amide bonds. The van der Waals surface area contributed by atoms with E-state index in [2.05, 4.69) is 38.1 Å². The van der Waals surface area contributed by atoms with Gasteiger partial charge in [-0.05, 0) is 31.2 Å². The van der Waals surface area contributed by atoms with Crippen molar-refractivity contribution in [1.29, 1.82) is 0 Å². The van der Waals surface area contributed by atoms with Gasteiger partial charge in [0.05, 0.1) is 5.69 Å². The van der Waals surface area contributed by atoms with Crippen LogP contribution < -0.4 is 10.5 Å². The molecule has 1 aliphatic heterocycles. The van der Waals surface area contributed by atoms with Crippen LogP contribution in [0.1, 0.15) is 30.3 Å². The summed E-state index contributed by atoms with van der Waals surface area (Å²) in [6, 6.07) is 12.0. The lowest BCUT2D eigenvalue weighted by molar-refractivity contribution is 0.497. The van der Waals surface area contributed by atoms with Gasteiger partial charge in [-0.2, -0.15) is 0 Å². The van der Waals surface area contributed by atoms with Gasteiger partial charge in [0, 0.05) is 36.7 Å². The fourth-order valence-electron chi connectivity index (χ4n) is 3.58. The Morgan fingerprint density at radius 2 is 2.12 bits per heavy atom. The average molecular weight is 320 g/mol. The molecule has 0 unspecified atom stereocenters. The van der Waals surface area contributed by atoms with Gasteiger partial charge in [-0.3, -0.25) is 4.79 Å². The van der Waals surface area contributed by atoms with Crippen LogP contribution in [-0.4, -0.2) is 28.0 Å². The standard InChI is InChI=1S/C19H20N4O/c1-13-21-17(11-18(24)22-13)15-6-4-10-23(12-15)19-16-7-3-2-5-14(16)8-9-20-19/h2-3,5,7-9,11,15H,4,6,10,12H2,1H3,(H,21,22,24)/t15-/m0/s1. The normalized spacial score (nSPS) is 18.0. The molecule has 122 valence electrons. The topological polar surface area (TPSA) is 61.9 Å². The lowest BCUT2D eigenvalue weighted by Gasteiger charge is -2.34. The fraction of sp³-hybridized carbons (Fsp3) is 0.316. The van der Waals surface area contributed by atoms with Crippen LogP contribution in [0.25, 0.3) is 10.8 Å². The number of rotatable bonds is 2. The smallest absolute Gasteiger partial charge is 0.251 e. The zero-order valence-corrected chi connectivity index (χ0v) is 13.7. The van der Waals surface area contributed by atoms with Crippen molar-refractivity contribution < 1.29 is 0 Å². The minimum absolute atomic E-state index is 0.0714. The van der Waals surface area contributed by atoms with Gasteiger partial charge in [-0.1, -0.05) is 24.3 Å². The van der Waals surface area contributed by atoms with E-state index in [1.165, 1.54) is 10.8 Å². The summed E-state index contributed by atoms with van der Waals surface area (Å²) in [4.78, 5) is 26.0. The van der Waals surface area contributed by atoms with Gasteiger partial charge in [-0.25, -0.2) is 9.97 Å². The number of H-pyrrole nitrogens is 1. The van der Waals surface area contributed by atoms with E-state index in [0.717, 1.165) is 37.4 Å². The zero-order valence-electron chi connectivity index (χ0n) is 13.7. The highest BCUT2D eigenvalue weighted by atomic mass is 16.1. The summed E-state index contributed by atoms with van der Waals surface area (Å²) < 4.78 is 0. The Bertz CT molecular complexity index is 929. The molecule has 0 saturated carbocycles. The molecule has 1 aromatic carbocycles. The van der Waals surface area contributed by atoms with Gasteiger partial charge in [0.2, 0.25) is 0 Å². The molecule has 3 heterocycles. The van der Waals surface area contributed by atoms with Crippen LogP contribution in [-0.2, 0) is 0 Å². The Morgan fingerprint density at radius 3 is 3.00 bits per heavy atom. The van der Waals surface area contributed by atoms with E-state index >= 15 is 0 Å². The molecule has 1 N–H and O–H groups in total. The first kappa shape index (κ1) is 14.9. The number of aromatic amines is 1. The number of anilines is 1. The molecule has 3 aromatic rings. The minimum atomic E-state index is -0.0714. The van der Waals surface area contributed by atoms with Gasteiger partial charge < -0.3 is 9.88 Å². The maximum Gasteiger partial charge on any atom is 0.251 e. The van der Waals surface area contributed by atoms with Crippen LogP contribution in [0.15, 0.2) is 47.4 Å². The summed E-state index contributed by atoms with van der Waals surface area (Å²) in [6.45, 7) is 3.66. The van der Waals surface area contributed by atoms with Crippen molar-refractivity contribution in [2.75, 3.05) is 18.0 Å². The maximum atomic E-state index is 11.8. The number of nitrogens with zero attached hydrogens (tertiary/aromatic N) is 3. The first-order valence-electron chi connectivity index (χ1n) is 8.37. The van der Waals surface area contributed by atoms with E-state index in [1.807, 2.05) is 25.3 Å². The van der Waals surface area contributed by atoms with Crippen LogP contribution in [0.3, 0.4) is 0 Å². The largest absolute Gasteiger partial charge is 0.355 e. The predicted molar refractivity (Wildman–Crippen MR) is 95.5 cm³/mol. The van der Waals surface area contributed by atoms with Crippen LogP contribution >= 0.6 is 0 Å². The fourth-order valence-corrected chi connectivity index (χ4v) is 3.58. The Labute approximate surface area is 140 Å². The summed E-state index contributed by atoms with van der Waals surface area (Å²) in [5.41, 5.74) is 0.819. The molecule has 1 aliphatic rings. The number of nitrogens with one attached hydrogen (secondary N) is 1. The molecule has 1 saturated heterocycles. The van der Waals surface area contributed by atoms with Crippen molar-refractivity contribution in [2.45, 2.75) is 25.7 Å². The van der Waals surface area contributed by atoms with E-state index < -0.39 is 0 Å². The number of fused-ring (bicyclic) bond motifs is 1. The van der Waals surface area contributed by atoms with Crippen molar-refractivity contribution in [3.05, 3.63) is 64.5 Å². The van der Waals surface area contributed by atoms with Crippen molar-refractivity contribution in [1.82, 2.24) is 15.0 Å². The molecule has 24 heavy (non-hydrogen) atoms. The minimum Gasteiger partial charge on any atom is -0.355 e. The monoisotopic (exact) mass is 320 g/mol. The van der Waals surface area contributed by atoms with Crippen LogP contribution in [0.5, 0.6) is 0 Å². The van der Waals surface area contributed by atoms with E-state index in [1.54, 1.807) is 6.07 Å². The molecule has 0 bridgehead atoms. The third kappa shape index (κ3) is 2.77. The second kappa shape index (κ2) is 6.07. The van der Waals surface area contributed by atoms with Crippen molar-refractivity contribution >= 4 is 16.6 Å². The molecular weight excluding hydrogens is 300 g/mol. The first-order valence-corrected chi connectivity index (χ1v) is 8.37. The molecular formula is C19H20N4O. The molecule has 5 heteroatoms. The summed E-state index contributed by atoms with van der Waals surface area (Å²) >= 11 is 0. The van der Waals surface area contributed by atoms with Crippen LogP contribution in [0.2, 0.25) is 0 Å². The van der Waals surface area contributed by atoms with Gasteiger partial charge in [-0.15, -0.1) is 0 Å². The van der Waals surface area contributed by atoms with E-state index in [9.17, 15) is 4.79 Å². The number of aryl methyl sites for hydroxylation is 1. The second-order valence-corrected chi connectivity index (χ2v) is 6.40. The molecule has 4 rings (SSSR count). The average Bonchev–Trinajstić information content (AvgIpc) is 2.60. The van der Waals surface area contributed by atoms with Crippen LogP contribution in [0, 0.1) is 6.92 Å². The summed E-state index contributed by atoms with van der Waals surface area (Å²) in [6.07, 6.45) is 4.00. The number of piperidine rings is 1. The highest BCUT2D eigenvalue weighted by Crippen LogP contribution is 2.31. The maximum absolute atomic E-state index is 11.8. The number of hydrogen-bond acceptors (Lipinski definition) is 4. The Morgan fingerprint density at radius 1 is 1.25 bits per heavy atom. The van der Waals surface area contributed by atoms with Crippen molar-refractivity contribution in [2.24, 2.45) is 0 Å². The summed E-state index contributed by atoms with van der Waals surface area (Å²) in [5, 5.41) is 2.38. The SMILES string of the molecule is Cc1nc([C@H]2CCCN(c3nccc4ccccc34)C2)cc(=O)[nH]1. The van der Waals surface area contributed by atoms with Crippen molar-refractivity contribution in [3.63, 3.8) is 0 Å². The number of pyridine rings is 1. The first-order chi connectivity index (χ1) is 11.7. The predicted octanol–water partition coefficient (Wildman–Crippen LogP) is 3.01. The summed E-state index contributed by atoms with van der Waals surface area (Å²) in [7, 11) is 0. The molecule has 0 radical (unpaired) electrons. The third-order valence-corrected chi connectivity index (χ3v) is 4.67. The van der Waals surface area contributed by atoms with Gasteiger partial charge >= 0.3 is 0 Å². The molecule has 0 aliphatic carbocycles. The summed E-state index contributed by atoms with van der Waals surface area (Å²) in [5.74, 6) is 1.97. The number of benzene rings is 1. The number of aromatic nitrogens is 3. The zero-order chi connectivity index (χ0) is 16.5. The second-order valence-electron chi connectivity index (χ2n) is 6.40. The highest BCUT2D eigenvalue weighted by Gasteiger charge is 2.24. The highest BCUT2D eigenvalue weighted by molar-refractivity contribution is 5.92. The molecule has 1 fully saturated rings. The molecule has 1 atom stereocenters. The molecule has 0 spiro atoms. The van der Waals surface area contributed by atoms with Crippen molar-refractivity contribution in [3.8, 4) is 0 Å². The lowest BCUT2D eigenvalue weighted by Crippen LogP contribution is -2.35. The Balaban J connectivity index is 1.68. The van der Waals surface area contributed by atoms with E-state index in [-0.39, 0.29) is 11.5 Å². The quantitative estimate of drug-likeness (QED) is 0.788. The van der Waals surface area contributed by atoms with Gasteiger partial charge in [0.15, 0.2) is 0 Å². The number of hydrogen-bond donors (Lipinski definition) is 1. The lowest BCUT2D eigenvalue weighted by atomic mass is 9.94. The molecule has 2 aromatic heterocycles. The van der Waals surface area contributed by atoms with Gasteiger partial charge in [0.1, 0.15) is 11.6 Å². The van der Waals surface area contributed by atoms with Crippen LogP contribution in [0.4, 0.5) is 5.82 Å². The Hall–Kier alpha value is -2.69.